The molecule has 25 heavy (non-hydrogen) atoms. The number of hydrogen-bond donors (Lipinski definition) is 2. The van der Waals surface area contributed by atoms with Gasteiger partial charge >= 0.3 is 0 Å². The average molecular weight is 335 g/mol. The van der Waals surface area contributed by atoms with Crippen molar-refractivity contribution in [3.05, 3.63) is 64.2 Å². The van der Waals surface area contributed by atoms with Crippen LogP contribution in [0.1, 0.15) is 38.5 Å². The number of nitrogens with zero attached hydrogens (tertiary/aromatic N) is 1. The molecule has 128 valence electrons. The van der Waals surface area contributed by atoms with Gasteiger partial charge in [-0.2, -0.15) is 0 Å². The largest absolute Gasteiger partial charge is 0.461 e. The Morgan fingerprint density at radius 1 is 1.36 bits per heavy atom. The Bertz CT molecular complexity index is 959. The summed E-state index contributed by atoms with van der Waals surface area (Å²) in [5, 5.41) is 7.36. The molecule has 0 bridgehead atoms. The van der Waals surface area contributed by atoms with Crippen LogP contribution < -0.4 is 10.6 Å². The van der Waals surface area contributed by atoms with E-state index in [1.54, 1.807) is 6.07 Å². The number of fused-ring (bicyclic) bond motifs is 2. The number of carbonyl (C=O) groups is 1. The van der Waals surface area contributed by atoms with Gasteiger partial charge in [-0.05, 0) is 55.6 Å². The second kappa shape index (κ2) is 6.33. The summed E-state index contributed by atoms with van der Waals surface area (Å²) in [6.07, 6.45) is 2.91. The lowest BCUT2D eigenvalue weighted by atomic mass is 9.96. The maximum atomic E-state index is 12.7. The zero-order chi connectivity index (χ0) is 17.4. The first kappa shape index (κ1) is 15.8. The maximum Gasteiger partial charge on any atom is 0.255 e. The summed E-state index contributed by atoms with van der Waals surface area (Å²) in [5.41, 5.74) is 5.88. The van der Waals surface area contributed by atoms with E-state index in [0.29, 0.717) is 17.7 Å². The minimum atomic E-state index is -0.120. The maximum absolute atomic E-state index is 12.7. The van der Waals surface area contributed by atoms with E-state index in [9.17, 15) is 4.79 Å². The van der Waals surface area contributed by atoms with Gasteiger partial charge in [-0.3, -0.25) is 9.78 Å². The van der Waals surface area contributed by atoms with E-state index in [-0.39, 0.29) is 5.91 Å². The lowest BCUT2D eigenvalue weighted by Gasteiger charge is -2.21. The van der Waals surface area contributed by atoms with Gasteiger partial charge in [0.25, 0.3) is 5.91 Å². The van der Waals surface area contributed by atoms with Gasteiger partial charge in [0.15, 0.2) is 0 Å². The minimum absolute atomic E-state index is 0.120. The molecule has 1 aliphatic rings. The van der Waals surface area contributed by atoms with Gasteiger partial charge in [0.05, 0.1) is 5.56 Å². The molecule has 0 radical (unpaired) electrons. The number of carbonyl (C=O) groups excluding carboxylic acids is 1. The van der Waals surface area contributed by atoms with Gasteiger partial charge in [-0.25, -0.2) is 0 Å². The molecule has 0 unspecified atom stereocenters. The topological polar surface area (TPSA) is 67.2 Å². The third kappa shape index (κ3) is 2.91. The molecule has 0 spiro atoms. The van der Waals surface area contributed by atoms with Crippen molar-refractivity contribution in [1.82, 2.24) is 15.6 Å². The molecular weight excluding hydrogens is 314 g/mol. The Hall–Kier alpha value is -2.66. The number of rotatable bonds is 3. The fourth-order valence-electron chi connectivity index (χ4n) is 3.51. The second-order valence-corrected chi connectivity index (χ2v) is 6.52. The quantitative estimate of drug-likeness (QED) is 0.772. The van der Waals surface area contributed by atoms with Crippen LogP contribution in [0, 0.1) is 13.8 Å². The van der Waals surface area contributed by atoms with E-state index in [1.165, 1.54) is 11.1 Å². The van der Waals surface area contributed by atoms with Crippen molar-refractivity contribution >= 4 is 16.9 Å². The fraction of sp³-hybridized carbons (Fsp3) is 0.300. The van der Waals surface area contributed by atoms with Gasteiger partial charge in [-0.1, -0.05) is 12.1 Å². The van der Waals surface area contributed by atoms with Crippen molar-refractivity contribution in [3.8, 4) is 0 Å². The average Bonchev–Trinajstić information content (AvgIpc) is 3.00. The minimum Gasteiger partial charge on any atom is -0.461 e. The lowest BCUT2D eigenvalue weighted by molar-refractivity contribution is 0.0951. The van der Waals surface area contributed by atoms with Crippen molar-refractivity contribution in [3.63, 3.8) is 0 Å². The lowest BCUT2D eigenvalue weighted by Crippen LogP contribution is -2.28. The third-order valence-corrected chi connectivity index (χ3v) is 4.81. The first-order valence-electron chi connectivity index (χ1n) is 8.58. The van der Waals surface area contributed by atoms with Crippen molar-refractivity contribution in [1.29, 1.82) is 0 Å². The Kier molecular flexibility index (Phi) is 4.01. The summed E-state index contributed by atoms with van der Waals surface area (Å²) in [6, 6.07) is 7.59. The van der Waals surface area contributed by atoms with E-state index in [2.05, 4.69) is 15.6 Å². The first-order valence-corrected chi connectivity index (χ1v) is 8.58. The predicted molar refractivity (Wildman–Crippen MR) is 96.5 cm³/mol. The summed E-state index contributed by atoms with van der Waals surface area (Å²) in [4.78, 5) is 17.2. The summed E-state index contributed by atoms with van der Waals surface area (Å²) in [5.74, 6) is 0.686. The number of hydrogen-bond acceptors (Lipinski definition) is 4. The van der Waals surface area contributed by atoms with Crippen molar-refractivity contribution in [2.24, 2.45) is 0 Å². The highest BCUT2D eigenvalue weighted by Crippen LogP contribution is 2.24. The molecule has 0 saturated carbocycles. The first-order chi connectivity index (χ1) is 12.1. The molecule has 0 fully saturated rings. The number of aromatic nitrogens is 1. The summed E-state index contributed by atoms with van der Waals surface area (Å²) >= 11 is 0. The molecule has 3 aromatic rings. The monoisotopic (exact) mass is 335 g/mol. The number of amides is 1. The van der Waals surface area contributed by atoms with Crippen LogP contribution in [0.4, 0.5) is 0 Å². The van der Waals surface area contributed by atoms with Crippen LogP contribution in [0.3, 0.4) is 0 Å². The van der Waals surface area contributed by atoms with E-state index in [1.807, 2.05) is 38.2 Å². The van der Waals surface area contributed by atoms with Crippen LogP contribution in [0.25, 0.3) is 11.0 Å². The SMILES string of the molecule is Cc1cc2cccc(C(=O)NCc3c(C)ncc4c3CCNC4)c2o1. The highest BCUT2D eigenvalue weighted by Gasteiger charge is 2.18. The summed E-state index contributed by atoms with van der Waals surface area (Å²) in [7, 11) is 0. The highest BCUT2D eigenvalue weighted by molar-refractivity contribution is 6.04. The van der Waals surface area contributed by atoms with Gasteiger partial charge in [0.1, 0.15) is 11.3 Å². The van der Waals surface area contributed by atoms with Gasteiger partial charge in [-0.15, -0.1) is 0 Å². The van der Waals surface area contributed by atoms with E-state index in [4.69, 9.17) is 4.42 Å². The Morgan fingerprint density at radius 3 is 3.12 bits per heavy atom. The summed E-state index contributed by atoms with van der Waals surface area (Å²) < 4.78 is 5.71. The Morgan fingerprint density at radius 2 is 2.24 bits per heavy atom. The standard InChI is InChI=1S/C20H21N3O2/c1-12-8-14-4-3-5-17(19(14)25-12)20(24)23-11-18-13(2)22-10-15-9-21-7-6-16(15)18/h3-5,8,10,21H,6-7,9,11H2,1-2H3,(H,23,24). The molecule has 0 saturated heterocycles. The van der Waals surface area contributed by atoms with Crippen LogP contribution in [0.5, 0.6) is 0 Å². The van der Waals surface area contributed by atoms with Crippen LogP contribution >= 0.6 is 0 Å². The fourth-order valence-corrected chi connectivity index (χ4v) is 3.51. The molecule has 1 amide bonds. The van der Waals surface area contributed by atoms with Crippen molar-refractivity contribution in [2.45, 2.75) is 33.4 Å². The zero-order valence-corrected chi connectivity index (χ0v) is 14.5. The van der Waals surface area contributed by atoms with Crippen LogP contribution in [0.2, 0.25) is 0 Å². The normalized spacial score (nSPS) is 13.7. The van der Waals surface area contributed by atoms with Crippen molar-refractivity contribution in [2.75, 3.05) is 6.54 Å². The Labute approximate surface area is 146 Å². The van der Waals surface area contributed by atoms with Gasteiger partial charge < -0.3 is 15.1 Å². The Balaban J connectivity index is 1.60. The molecule has 3 heterocycles. The number of pyridine rings is 1. The van der Waals surface area contributed by atoms with E-state index in [0.717, 1.165) is 41.9 Å². The molecule has 1 aliphatic heterocycles. The number of aryl methyl sites for hydroxylation is 2. The molecule has 5 heteroatoms. The third-order valence-electron chi connectivity index (χ3n) is 4.81. The molecule has 0 aliphatic carbocycles. The van der Waals surface area contributed by atoms with Crippen molar-refractivity contribution < 1.29 is 9.21 Å². The molecule has 2 N–H and O–H groups in total. The van der Waals surface area contributed by atoms with Crippen LogP contribution in [-0.4, -0.2) is 17.4 Å². The van der Waals surface area contributed by atoms with Gasteiger partial charge in [0.2, 0.25) is 0 Å². The molecule has 1 aromatic carbocycles. The number of furan rings is 1. The van der Waals surface area contributed by atoms with E-state index < -0.39 is 0 Å². The summed E-state index contributed by atoms with van der Waals surface area (Å²) in [6.45, 7) is 6.18. The number of nitrogens with one attached hydrogen (secondary N) is 2. The van der Waals surface area contributed by atoms with E-state index >= 15 is 0 Å². The number of para-hydroxylation sites is 1. The second-order valence-electron chi connectivity index (χ2n) is 6.52. The number of benzene rings is 1. The molecule has 4 rings (SSSR count). The smallest absolute Gasteiger partial charge is 0.255 e. The molecule has 5 nitrogen and oxygen atoms in total. The van der Waals surface area contributed by atoms with Crippen LogP contribution in [-0.2, 0) is 19.5 Å². The van der Waals surface area contributed by atoms with Gasteiger partial charge in [0, 0.05) is 30.4 Å². The zero-order valence-electron chi connectivity index (χ0n) is 14.5. The van der Waals surface area contributed by atoms with Crippen LogP contribution in [0.15, 0.2) is 34.9 Å². The highest BCUT2D eigenvalue weighted by atomic mass is 16.3. The molecule has 2 aromatic heterocycles. The predicted octanol–water partition coefficient (Wildman–Crippen LogP) is 3.02. The molecule has 0 atom stereocenters. The molecular formula is C20H21N3O2.